The number of hydrogen-bond donors (Lipinski definition) is 2. The monoisotopic (exact) mass is 364 g/mol. The third kappa shape index (κ3) is 3.59. The van der Waals surface area contributed by atoms with Crippen molar-refractivity contribution in [2.45, 2.75) is 19.5 Å². The summed E-state index contributed by atoms with van der Waals surface area (Å²) >= 11 is 0. The number of aromatic nitrogens is 2. The highest BCUT2D eigenvalue weighted by molar-refractivity contribution is 5.90. The van der Waals surface area contributed by atoms with Crippen LogP contribution in [0.2, 0.25) is 0 Å². The number of para-hydroxylation sites is 1. The van der Waals surface area contributed by atoms with E-state index >= 15 is 0 Å². The molecule has 0 spiro atoms. The van der Waals surface area contributed by atoms with E-state index in [1.54, 1.807) is 0 Å². The predicted octanol–water partition coefficient (Wildman–Crippen LogP) is 2.81. The van der Waals surface area contributed by atoms with Crippen molar-refractivity contribution < 1.29 is 9.90 Å². The molecule has 2 aromatic heterocycles. The molecule has 3 aromatic rings. The minimum Gasteiger partial charge on any atom is -0.480 e. The second kappa shape index (κ2) is 7.50. The summed E-state index contributed by atoms with van der Waals surface area (Å²) in [6.07, 6.45) is 1.81. The van der Waals surface area contributed by atoms with Crippen LogP contribution in [0.25, 0.3) is 10.9 Å². The van der Waals surface area contributed by atoms with Gasteiger partial charge in [-0.05, 0) is 25.1 Å². The van der Waals surface area contributed by atoms with Crippen LogP contribution in [-0.4, -0.2) is 57.0 Å². The van der Waals surface area contributed by atoms with E-state index in [0.717, 1.165) is 60.6 Å². The average Bonchev–Trinajstić information content (AvgIpc) is 3.00. The minimum absolute atomic E-state index is 0.627. The second-order valence-electron chi connectivity index (χ2n) is 7.08. The number of aromatic amines is 1. The first kappa shape index (κ1) is 17.7. The van der Waals surface area contributed by atoms with Gasteiger partial charge in [0, 0.05) is 61.1 Å². The molecule has 0 unspecified atom stereocenters. The number of benzene rings is 1. The molecule has 1 aromatic carbocycles. The Kier molecular flexibility index (Phi) is 4.92. The molecule has 6 nitrogen and oxygen atoms in total. The molecule has 1 atom stereocenters. The lowest BCUT2D eigenvalue weighted by Gasteiger charge is -2.37. The highest BCUT2D eigenvalue weighted by Crippen LogP contribution is 2.32. The molecule has 2 N–H and O–H groups in total. The summed E-state index contributed by atoms with van der Waals surface area (Å²) in [5, 5.41) is 11.0. The van der Waals surface area contributed by atoms with E-state index in [-0.39, 0.29) is 0 Å². The number of piperazine rings is 1. The first-order valence-corrected chi connectivity index (χ1v) is 9.30. The lowest BCUT2D eigenvalue weighted by Crippen LogP contribution is -2.49. The van der Waals surface area contributed by atoms with E-state index in [2.05, 4.69) is 19.8 Å². The van der Waals surface area contributed by atoms with Gasteiger partial charge in [0.2, 0.25) is 0 Å². The molecule has 1 fully saturated rings. The van der Waals surface area contributed by atoms with Crippen LogP contribution < -0.4 is 0 Å². The Bertz CT molecular complexity index is 930. The fourth-order valence-electron chi connectivity index (χ4n) is 4.01. The Balaban J connectivity index is 1.52. The number of nitrogens with one attached hydrogen (secondary N) is 1. The number of hydrogen-bond acceptors (Lipinski definition) is 4. The van der Waals surface area contributed by atoms with Gasteiger partial charge in [-0.15, -0.1) is 0 Å². The van der Waals surface area contributed by atoms with Crippen LogP contribution in [0.3, 0.4) is 0 Å². The van der Waals surface area contributed by atoms with Gasteiger partial charge in [-0.2, -0.15) is 0 Å². The maximum Gasteiger partial charge on any atom is 0.325 e. The number of carbonyl (C=O) groups is 1. The highest BCUT2D eigenvalue weighted by Gasteiger charge is 2.33. The maximum atomic E-state index is 12.2. The second-order valence-corrected chi connectivity index (χ2v) is 7.08. The fraction of sp³-hybridized carbons (Fsp3) is 0.333. The molecule has 1 saturated heterocycles. The van der Waals surface area contributed by atoms with Gasteiger partial charge in [0.25, 0.3) is 0 Å². The van der Waals surface area contributed by atoms with E-state index in [1.165, 1.54) is 0 Å². The van der Waals surface area contributed by atoms with Gasteiger partial charge < -0.3 is 10.1 Å². The number of rotatable bonds is 5. The molecule has 27 heavy (non-hydrogen) atoms. The number of carboxylic acids is 1. The zero-order chi connectivity index (χ0) is 18.8. The third-order valence-electron chi connectivity index (χ3n) is 5.33. The van der Waals surface area contributed by atoms with Crippen molar-refractivity contribution in [3.8, 4) is 0 Å². The Labute approximate surface area is 158 Å². The molecular weight excluding hydrogens is 340 g/mol. The minimum atomic E-state index is -0.791. The Morgan fingerprint density at radius 1 is 1.15 bits per heavy atom. The largest absolute Gasteiger partial charge is 0.480 e. The SMILES string of the molecule is Cc1[nH]c2ccccc2c1[C@@H](C(=O)O)N1CCN(Cc2ccccn2)CC1. The van der Waals surface area contributed by atoms with E-state index in [0.29, 0.717) is 0 Å². The molecule has 140 valence electrons. The van der Waals surface area contributed by atoms with Crippen LogP contribution in [0, 0.1) is 6.92 Å². The number of aryl methyl sites for hydroxylation is 1. The normalized spacial score (nSPS) is 17.2. The first-order valence-electron chi connectivity index (χ1n) is 9.30. The van der Waals surface area contributed by atoms with E-state index < -0.39 is 12.0 Å². The van der Waals surface area contributed by atoms with Crippen LogP contribution in [0.15, 0.2) is 48.7 Å². The summed E-state index contributed by atoms with van der Waals surface area (Å²) in [6.45, 7) is 5.89. The molecule has 1 aliphatic heterocycles. The molecular formula is C21H24N4O2. The molecule has 1 aliphatic rings. The Morgan fingerprint density at radius 2 is 1.89 bits per heavy atom. The molecule has 3 heterocycles. The van der Waals surface area contributed by atoms with Crippen LogP contribution in [-0.2, 0) is 11.3 Å². The zero-order valence-corrected chi connectivity index (χ0v) is 15.4. The van der Waals surface area contributed by atoms with Crippen molar-refractivity contribution in [3.63, 3.8) is 0 Å². The topological polar surface area (TPSA) is 72.5 Å². The Morgan fingerprint density at radius 3 is 2.59 bits per heavy atom. The van der Waals surface area contributed by atoms with E-state index in [4.69, 9.17) is 0 Å². The van der Waals surface area contributed by atoms with Gasteiger partial charge in [0.15, 0.2) is 0 Å². The quantitative estimate of drug-likeness (QED) is 0.728. The van der Waals surface area contributed by atoms with Crippen LogP contribution >= 0.6 is 0 Å². The average molecular weight is 364 g/mol. The summed E-state index contributed by atoms with van der Waals surface area (Å²) < 4.78 is 0. The van der Waals surface area contributed by atoms with Crippen LogP contribution in [0.5, 0.6) is 0 Å². The van der Waals surface area contributed by atoms with Crippen molar-refractivity contribution in [1.82, 2.24) is 19.8 Å². The van der Waals surface area contributed by atoms with Gasteiger partial charge >= 0.3 is 5.97 Å². The number of carboxylic acid groups (broad SMARTS) is 1. The number of aliphatic carboxylic acids is 1. The third-order valence-corrected chi connectivity index (χ3v) is 5.33. The van der Waals surface area contributed by atoms with E-state index in [1.807, 2.05) is 55.6 Å². The fourth-order valence-corrected chi connectivity index (χ4v) is 4.01. The molecule has 0 saturated carbocycles. The van der Waals surface area contributed by atoms with Crippen LogP contribution in [0.1, 0.15) is 23.0 Å². The highest BCUT2D eigenvalue weighted by atomic mass is 16.4. The summed E-state index contributed by atoms with van der Waals surface area (Å²) in [6, 6.07) is 13.2. The number of nitrogens with zero attached hydrogens (tertiary/aromatic N) is 3. The van der Waals surface area contributed by atoms with E-state index in [9.17, 15) is 9.90 Å². The molecule has 0 amide bonds. The van der Waals surface area contributed by atoms with Crippen molar-refractivity contribution in [1.29, 1.82) is 0 Å². The van der Waals surface area contributed by atoms with Crippen molar-refractivity contribution in [3.05, 3.63) is 65.6 Å². The van der Waals surface area contributed by atoms with Gasteiger partial charge in [-0.1, -0.05) is 24.3 Å². The summed E-state index contributed by atoms with van der Waals surface area (Å²) in [5.74, 6) is -0.791. The zero-order valence-electron chi connectivity index (χ0n) is 15.4. The van der Waals surface area contributed by atoms with Crippen molar-refractivity contribution in [2.75, 3.05) is 26.2 Å². The lowest BCUT2D eigenvalue weighted by molar-refractivity contribution is -0.144. The first-order chi connectivity index (χ1) is 13.1. The van der Waals surface area contributed by atoms with Crippen molar-refractivity contribution >= 4 is 16.9 Å². The smallest absolute Gasteiger partial charge is 0.325 e. The molecule has 4 rings (SSSR count). The molecule has 0 radical (unpaired) electrons. The molecule has 0 aliphatic carbocycles. The van der Waals surface area contributed by atoms with Gasteiger partial charge in [-0.25, -0.2) is 0 Å². The standard InChI is InChI=1S/C21H24N4O2/c1-15-19(17-7-2-3-8-18(17)23-15)20(21(26)27)25-12-10-24(11-13-25)14-16-6-4-5-9-22-16/h2-9,20,23H,10-14H2,1H3,(H,26,27)/t20-/m0/s1. The Hall–Kier alpha value is -2.70. The van der Waals surface area contributed by atoms with Gasteiger partial charge in [0.1, 0.15) is 6.04 Å². The van der Waals surface area contributed by atoms with Crippen LogP contribution in [0.4, 0.5) is 0 Å². The molecule has 6 heteroatoms. The number of pyridine rings is 1. The number of H-pyrrole nitrogens is 1. The molecule has 0 bridgehead atoms. The summed E-state index contributed by atoms with van der Waals surface area (Å²) in [4.78, 5) is 24.3. The maximum absolute atomic E-state index is 12.2. The van der Waals surface area contributed by atoms with Gasteiger partial charge in [-0.3, -0.25) is 19.6 Å². The summed E-state index contributed by atoms with van der Waals surface area (Å²) in [7, 11) is 0. The van der Waals surface area contributed by atoms with Crippen molar-refractivity contribution in [2.24, 2.45) is 0 Å². The lowest BCUT2D eigenvalue weighted by atomic mass is 10.0. The number of fused-ring (bicyclic) bond motifs is 1. The summed E-state index contributed by atoms with van der Waals surface area (Å²) in [5.41, 5.74) is 3.86. The van der Waals surface area contributed by atoms with Gasteiger partial charge in [0.05, 0.1) is 5.69 Å². The predicted molar refractivity (Wildman–Crippen MR) is 104 cm³/mol.